The molecule has 0 aliphatic heterocycles. The minimum Gasteiger partial charge on any atom is -0.391 e. The summed E-state index contributed by atoms with van der Waals surface area (Å²) in [7, 11) is 0. The molecular formula is C8H18N2O3. The fourth-order valence-corrected chi connectivity index (χ4v) is 0.781. The minimum absolute atomic E-state index is 0.0550. The van der Waals surface area contributed by atoms with E-state index in [1.54, 1.807) is 0 Å². The third-order valence-corrected chi connectivity index (χ3v) is 1.51. The molecule has 0 aliphatic rings. The molecule has 5 heteroatoms. The van der Waals surface area contributed by atoms with Gasteiger partial charge in [0.25, 0.3) is 0 Å². The Morgan fingerprint density at radius 3 is 2.46 bits per heavy atom. The molecule has 0 saturated carbocycles. The van der Waals surface area contributed by atoms with Crippen molar-refractivity contribution >= 4 is 5.91 Å². The number of ether oxygens (including phenoxy) is 1. The van der Waals surface area contributed by atoms with Crippen LogP contribution in [0.2, 0.25) is 0 Å². The van der Waals surface area contributed by atoms with Crippen molar-refractivity contribution in [3.05, 3.63) is 0 Å². The van der Waals surface area contributed by atoms with Crippen LogP contribution in [0.5, 0.6) is 0 Å². The molecule has 0 aromatic heterocycles. The van der Waals surface area contributed by atoms with Gasteiger partial charge in [-0.2, -0.15) is 0 Å². The zero-order chi connectivity index (χ0) is 10.4. The number of aliphatic hydroxyl groups excluding tert-OH is 1. The Morgan fingerprint density at radius 2 is 2.08 bits per heavy atom. The van der Waals surface area contributed by atoms with E-state index in [1.807, 2.05) is 13.8 Å². The van der Waals surface area contributed by atoms with Crippen molar-refractivity contribution in [2.24, 2.45) is 11.5 Å². The molecule has 0 fully saturated rings. The van der Waals surface area contributed by atoms with Crippen molar-refractivity contribution in [1.82, 2.24) is 0 Å². The van der Waals surface area contributed by atoms with Crippen LogP contribution in [0.25, 0.3) is 0 Å². The van der Waals surface area contributed by atoms with Crippen LogP contribution >= 0.6 is 0 Å². The Bertz CT molecular complexity index is 161. The van der Waals surface area contributed by atoms with Crippen molar-refractivity contribution in [3.8, 4) is 0 Å². The maximum Gasteiger partial charge on any atom is 0.234 e. The number of carbonyl (C=O) groups is 1. The van der Waals surface area contributed by atoms with Gasteiger partial charge in [-0.15, -0.1) is 0 Å². The highest BCUT2D eigenvalue weighted by atomic mass is 16.5. The van der Waals surface area contributed by atoms with Crippen LogP contribution in [-0.2, 0) is 9.53 Å². The van der Waals surface area contributed by atoms with E-state index in [1.165, 1.54) is 0 Å². The minimum atomic E-state index is -0.800. The van der Waals surface area contributed by atoms with Gasteiger partial charge in [0, 0.05) is 0 Å². The third kappa shape index (κ3) is 6.51. The standard InChI is InChI=1S/C8H18N2O3/c1-5(2)13-4-6(11)3-7(9)8(10)12/h5-7,11H,3-4,9H2,1-2H3,(H2,10,12). The van der Waals surface area contributed by atoms with Crippen LogP contribution in [0.4, 0.5) is 0 Å². The summed E-state index contributed by atoms with van der Waals surface area (Å²) in [4.78, 5) is 10.5. The molecule has 78 valence electrons. The van der Waals surface area contributed by atoms with Crippen LogP contribution < -0.4 is 11.5 Å². The highest BCUT2D eigenvalue weighted by Crippen LogP contribution is 1.98. The second-order valence-corrected chi connectivity index (χ2v) is 3.28. The Balaban J connectivity index is 3.61. The van der Waals surface area contributed by atoms with E-state index in [-0.39, 0.29) is 19.1 Å². The molecule has 0 aromatic rings. The molecule has 0 heterocycles. The van der Waals surface area contributed by atoms with Crippen LogP contribution in [0.15, 0.2) is 0 Å². The molecular weight excluding hydrogens is 172 g/mol. The third-order valence-electron chi connectivity index (χ3n) is 1.51. The lowest BCUT2D eigenvalue weighted by Gasteiger charge is -2.15. The van der Waals surface area contributed by atoms with Gasteiger partial charge < -0.3 is 21.3 Å². The largest absolute Gasteiger partial charge is 0.391 e. The van der Waals surface area contributed by atoms with Crippen molar-refractivity contribution in [2.45, 2.75) is 38.5 Å². The van der Waals surface area contributed by atoms with E-state index in [0.29, 0.717) is 0 Å². The Morgan fingerprint density at radius 1 is 1.54 bits per heavy atom. The van der Waals surface area contributed by atoms with Crippen LogP contribution in [0.3, 0.4) is 0 Å². The summed E-state index contributed by atoms with van der Waals surface area (Å²) in [6, 6.07) is -0.800. The second kappa shape index (κ2) is 5.90. The Kier molecular flexibility index (Phi) is 5.61. The first-order chi connectivity index (χ1) is 5.93. The summed E-state index contributed by atoms with van der Waals surface area (Å²) in [5.41, 5.74) is 10.3. The van der Waals surface area contributed by atoms with Gasteiger partial charge in [0.2, 0.25) is 5.91 Å². The number of primary amides is 1. The zero-order valence-electron chi connectivity index (χ0n) is 8.06. The number of carbonyl (C=O) groups excluding carboxylic acids is 1. The maximum atomic E-state index is 10.5. The number of aliphatic hydroxyl groups is 1. The summed E-state index contributed by atoms with van der Waals surface area (Å²) in [6.07, 6.45) is -0.536. The lowest BCUT2D eigenvalue weighted by Crippen LogP contribution is -2.40. The first-order valence-corrected chi connectivity index (χ1v) is 4.28. The van der Waals surface area contributed by atoms with Crippen molar-refractivity contribution in [1.29, 1.82) is 0 Å². The van der Waals surface area contributed by atoms with Gasteiger partial charge in [0.15, 0.2) is 0 Å². The number of nitrogens with two attached hydrogens (primary N) is 2. The van der Waals surface area contributed by atoms with E-state index >= 15 is 0 Å². The summed E-state index contributed by atoms with van der Waals surface area (Å²) in [6.45, 7) is 3.90. The Hall–Kier alpha value is -0.650. The van der Waals surface area contributed by atoms with E-state index < -0.39 is 18.1 Å². The van der Waals surface area contributed by atoms with Gasteiger partial charge in [-0.25, -0.2) is 0 Å². The predicted molar refractivity (Wildman–Crippen MR) is 48.9 cm³/mol. The van der Waals surface area contributed by atoms with Crippen molar-refractivity contribution in [3.63, 3.8) is 0 Å². The molecule has 1 amide bonds. The molecule has 2 atom stereocenters. The monoisotopic (exact) mass is 190 g/mol. The second-order valence-electron chi connectivity index (χ2n) is 3.28. The van der Waals surface area contributed by atoms with E-state index in [4.69, 9.17) is 16.2 Å². The van der Waals surface area contributed by atoms with E-state index in [2.05, 4.69) is 0 Å². The average molecular weight is 190 g/mol. The quantitative estimate of drug-likeness (QED) is 0.499. The summed E-state index contributed by atoms with van der Waals surface area (Å²) in [5.74, 6) is -0.608. The molecule has 5 nitrogen and oxygen atoms in total. The first-order valence-electron chi connectivity index (χ1n) is 4.28. The average Bonchev–Trinajstić information content (AvgIpc) is 2.00. The molecule has 0 radical (unpaired) electrons. The fourth-order valence-electron chi connectivity index (χ4n) is 0.781. The SMILES string of the molecule is CC(C)OCC(O)CC(N)C(N)=O. The van der Waals surface area contributed by atoms with Crippen LogP contribution in [-0.4, -0.2) is 35.9 Å². The normalized spacial score (nSPS) is 15.8. The molecule has 0 rings (SSSR count). The van der Waals surface area contributed by atoms with Crippen LogP contribution in [0, 0.1) is 0 Å². The van der Waals surface area contributed by atoms with E-state index in [0.717, 1.165) is 0 Å². The number of hydrogen-bond acceptors (Lipinski definition) is 4. The summed E-state index contributed by atoms with van der Waals surface area (Å²) < 4.78 is 5.13. The number of amides is 1. The molecule has 0 bridgehead atoms. The van der Waals surface area contributed by atoms with E-state index in [9.17, 15) is 9.90 Å². The molecule has 0 aromatic carbocycles. The lowest BCUT2D eigenvalue weighted by atomic mass is 10.1. The molecule has 0 spiro atoms. The van der Waals surface area contributed by atoms with Crippen molar-refractivity contribution < 1.29 is 14.6 Å². The molecule has 5 N–H and O–H groups in total. The van der Waals surface area contributed by atoms with Gasteiger partial charge in [-0.3, -0.25) is 4.79 Å². The van der Waals surface area contributed by atoms with Crippen LogP contribution in [0.1, 0.15) is 20.3 Å². The topological polar surface area (TPSA) is 98.6 Å². The van der Waals surface area contributed by atoms with Gasteiger partial charge in [-0.1, -0.05) is 0 Å². The summed E-state index contributed by atoms with van der Waals surface area (Å²) in [5, 5.41) is 9.30. The zero-order valence-corrected chi connectivity index (χ0v) is 8.06. The Labute approximate surface area is 78.0 Å². The highest BCUT2D eigenvalue weighted by molar-refractivity contribution is 5.79. The van der Waals surface area contributed by atoms with Gasteiger partial charge in [0.1, 0.15) is 0 Å². The van der Waals surface area contributed by atoms with Gasteiger partial charge in [0.05, 0.1) is 24.9 Å². The summed E-state index contributed by atoms with van der Waals surface area (Å²) >= 11 is 0. The maximum absolute atomic E-state index is 10.5. The smallest absolute Gasteiger partial charge is 0.234 e. The first kappa shape index (κ1) is 12.3. The highest BCUT2D eigenvalue weighted by Gasteiger charge is 2.15. The molecule has 13 heavy (non-hydrogen) atoms. The lowest BCUT2D eigenvalue weighted by molar-refractivity contribution is -0.120. The molecule has 0 saturated heterocycles. The van der Waals surface area contributed by atoms with Gasteiger partial charge in [-0.05, 0) is 20.3 Å². The predicted octanol–water partition coefficient (Wildman–Crippen LogP) is -1.02. The number of hydrogen-bond donors (Lipinski definition) is 3. The van der Waals surface area contributed by atoms with Crippen molar-refractivity contribution in [2.75, 3.05) is 6.61 Å². The fraction of sp³-hybridized carbons (Fsp3) is 0.875. The number of rotatable bonds is 6. The van der Waals surface area contributed by atoms with Gasteiger partial charge >= 0.3 is 0 Å². The molecule has 2 unspecified atom stereocenters. The molecule has 0 aliphatic carbocycles.